The van der Waals surface area contributed by atoms with Crippen LogP contribution in [0.15, 0.2) is 0 Å². The maximum atomic E-state index is 10.6. The molecule has 2 nitrogen and oxygen atoms in total. The Kier molecular flexibility index (Phi) is 21.2. The average Bonchev–Trinajstić information content (AvgIpc) is 2.20. The van der Waals surface area contributed by atoms with Crippen molar-refractivity contribution >= 4 is 5.91 Å². The first kappa shape index (κ1) is 20.0. The zero-order valence-electron chi connectivity index (χ0n) is 12.0. The number of hydrogen-bond donors (Lipinski definition) is 1. The van der Waals surface area contributed by atoms with E-state index in [4.69, 9.17) is 0 Å². The molecule has 2 heteroatoms. The van der Waals surface area contributed by atoms with Crippen LogP contribution in [0.25, 0.3) is 0 Å². The fourth-order valence-electron chi connectivity index (χ4n) is 1.00. The minimum absolute atomic E-state index is 0.0706. The Morgan fingerprint density at radius 2 is 1.40 bits per heavy atom. The third kappa shape index (κ3) is 24.7. The fourth-order valence-corrected chi connectivity index (χ4v) is 1.00. The number of amides is 1. The van der Waals surface area contributed by atoms with Crippen LogP contribution in [0, 0.1) is 5.92 Å². The van der Waals surface area contributed by atoms with Gasteiger partial charge in [0.1, 0.15) is 0 Å². The summed E-state index contributed by atoms with van der Waals surface area (Å²) in [7, 11) is 0. The predicted molar refractivity (Wildman–Crippen MR) is 70.0 cm³/mol. The van der Waals surface area contributed by atoms with Crippen LogP contribution < -0.4 is 5.32 Å². The van der Waals surface area contributed by atoms with Crippen molar-refractivity contribution in [1.82, 2.24) is 5.32 Å². The number of hydrogen-bond acceptors (Lipinski definition) is 1. The van der Waals surface area contributed by atoms with E-state index in [0.29, 0.717) is 6.04 Å². The topological polar surface area (TPSA) is 29.1 Å². The molecule has 94 valence electrons. The summed E-state index contributed by atoms with van der Waals surface area (Å²) in [6.45, 7) is 16.0. The van der Waals surface area contributed by atoms with Crippen LogP contribution in [0.4, 0.5) is 0 Å². The molecule has 0 rings (SSSR count). The number of nitrogens with one attached hydrogen (secondary N) is 1. The lowest BCUT2D eigenvalue weighted by Gasteiger charge is -2.13. The van der Waals surface area contributed by atoms with Crippen molar-refractivity contribution in [3.8, 4) is 0 Å². The van der Waals surface area contributed by atoms with E-state index in [1.165, 1.54) is 6.42 Å². The summed E-state index contributed by atoms with van der Waals surface area (Å²) in [5, 5.41) is 2.86. The van der Waals surface area contributed by atoms with E-state index in [2.05, 4.69) is 19.2 Å². The minimum atomic E-state index is 0.0706. The van der Waals surface area contributed by atoms with Gasteiger partial charge in [0.2, 0.25) is 5.91 Å². The highest BCUT2D eigenvalue weighted by atomic mass is 16.1. The lowest BCUT2D eigenvalue weighted by molar-refractivity contribution is -0.119. The van der Waals surface area contributed by atoms with Gasteiger partial charge in [0.25, 0.3) is 0 Å². The summed E-state index contributed by atoms with van der Waals surface area (Å²) >= 11 is 0. The van der Waals surface area contributed by atoms with Crippen LogP contribution in [0.5, 0.6) is 0 Å². The van der Waals surface area contributed by atoms with Gasteiger partial charge in [-0.05, 0) is 25.7 Å². The Labute approximate surface area is 96.8 Å². The van der Waals surface area contributed by atoms with Crippen molar-refractivity contribution in [2.24, 2.45) is 5.92 Å². The third-order valence-electron chi connectivity index (χ3n) is 1.63. The normalized spacial score (nSPS) is 10.5. The van der Waals surface area contributed by atoms with Gasteiger partial charge in [0.05, 0.1) is 0 Å². The first-order valence-electron chi connectivity index (χ1n) is 6.29. The van der Waals surface area contributed by atoms with Gasteiger partial charge in [-0.25, -0.2) is 0 Å². The van der Waals surface area contributed by atoms with E-state index in [9.17, 15) is 4.79 Å². The van der Waals surface area contributed by atoms with E-state index < -0.39 is 0 Å². The summed E-state index contributed by atoms with van der Waals surface area (Å²) in [6.07, 6.45) is 2.26. The van der Waals surface area contributed by atoms with E-state index in [1.807, 2.05) is 34.6 Å². The molecule has 1 amide bonds. The van der Waals surface area contributed by atoms with Crippen LogP contribution in [-0.2, 0) is 4.79 Å². The second-order valence-corrected chi connectivity index (χ2v) is 3.57. The highest BCUT2D eigenvalue weighted by Crippen LogP contribution is 2.05. The molecule has 1 atom stereocenters. The fraction of sp³-hybridized carbons (Fsp3) is 0.923. The molecule has 0 aromatic heterocycles. The molecule has 0 saturated heterocycles. The molecule has 0 aromatic carbocycles. The zero-order valence-corrected chi connectivity index (χ0v) is 12.0. The lowest BCUT2D eigenvalue weighted by Crippen LogP contribution is -2.30. The molecule has 0 spiro atoms. The second-order valence-electron chi connectivity index (χ2n) is 3.57. The molecule has 0 fully saturated rings. The first-order valence-corrected chi connectivity index (χ1v) is 6.29. The van der Waals surface area contributed by atoms with Gasteiger partial charge < -0.3 is 5.32 Å². The van der Waals surface area contributed by atoms with Gasteiger partial charge in [0.15, 0.2) is 0 Å². The van der Waals surface area contributed by atoms with Crippen molar-refractivity contribution in [2.45, 2.75) is 74.3 Å². The summed E-state index contributed by atoms with van der Waals surface area (Å²) in [5.41, 5.74) is 0. The Balaban J connectivity index is -0.000000318. The maximum absolute atomic E-state index is 10.6. The van der Waals surface area contributed by atoms with Gasteiger partial charge in [-0.3, -0.25) is 4.79 Å². The molecule has 0 aliphatic carbocycles. The van der Waals surface area contributed by atoms with Crippen LogP contribution in [0.1, 0.15) is 68.2 Å². The van der Waals surface area contributed by atoms with Crippen LogP contribution in [0.3, 0.4) is 0 Å². The number of carbonyl (C=O) groups is 1. The minimum Gasteiger partial charge on any atom is -0.354 e. The largest absolute Gasteiger partial charge is 0.354 e. The Morgan fingerprint density at radius 1 is 1.00 bits per heavy atom. The van der Waals surface area contributed by atoms with Crippen molar-refractivity contribution < 1.29 is 4.79 Å². The Hall–Kier alpha value is -0.530. The molecular weight excluding hydrogens is 186 g/mol. The smallest absolute Gasteiger partial charge is 0.217 e. The zero-order chi connectivity index (χ0) is 12.9. The van der Waals surface area contributed by atoms with E-state index in [1.54, 1.807) is 6.92 Å². The van der Waals surface area contributed by atoms with Gasteiger partial charge >= 0.3 is 0 Å². The molecule has 0 aromatic rings. The molecule has 0 saturated carbocycles. The highest BCUT2D eigenvalue weighted by Gasteiger charge is 2.03. The van der Waals surface area contributed by atoms with Gasteiger partial charge in [-0.2, -0.15) is 0 Å². The third-order valence-corrected chi connectivity index (χ3v) is 1.63. The average molecular weight is 217 g/mol. The molecule has 0 heterocycles. The number of rotatable bonds is 4. The van der Waals surface area contributed by atoms with E-state index in [0.717, 1.165) is 12.3 Å². The van der Waals surface area contributed by atoms with Crippen molar-refractivity contribution in [2.75, 3.05) is 0 Å². The molecule has 15 heavy (non-hydrogen) atoms. The van der Waals surface area contributed by atoms with E-state index >= 15 is 0 Å². The molecule has 1 unspecified atom stereocenters. The first-order chi connectivity index (χ1) is 7.02. The molecule has 0 aliphatic heterocycles. The quantitative estimate of drug-likeness (QED) is 0.757. The lowest BCUT2D eigenvalue weighted by atomic mass is 10.0. The molecular formula is C13H31NO. The number of carbonyl (C=O) groups excluding carboxylic acids is 1. The predicted octanol–water partition coefficient (Wildman–Crippen LogP) is 4.00. The molecule has 1 N–H and O–H groups in total. The van der Waals surface area contributed by atoms with Gasteiger partial charge in [-0.15, -0.1) is 0 Å². The summed E-state index contributed by atoms with van der Waals surface area (Å²) in [5.74, 6) is 0.799. The Morgan fingerprint density at radius 3 is 1.67 bits per heavy atom. The monoisotopic (exact) mass is 217 g/mol. The van der Waals surface area contributed by atoms with Crippen molar-refractivity contribution in [1.29, 1.82) is 0 Å². The van der Waals surface area contributed by atoms with Crippen molar-refractivity contribution in [3.05, 3.63) is 0 Å². The van der Waals surface area contributed by atoms with Crippen molar-refractivity contribution in [3.63, 3.8) is 0 Å². The standard InChI is InChI=1S/C9H19NO.2C2H6/c1-7(2)5-6-8(3)10-9(4)11;2*1-2/h7-8H,5-6H2,1-4H3,(H,10,11);2*1-2H3. The summed E-state index contributed by atoms with van der Waals surface area (Å²) in [4.78, 5) is 10.6. The van der Waals surface area contributed by atoms with Crippen LogP contribution in [-0.4, -0.2) is 11.9 Å². The van der Waals surface area contributed by atoms with Gasteiger partial charge in [0, 0.05) is 13.0 Å². The van der Waals surface area contributed by atoms with Crippen LogP contribution >= 0.6 is 0 Å². The van der Waals surface area contributed by atoms with E-state index in [-0.39, 0.29) is 5.91 Å². The Bertz CT molecular complexity index is 122. The molecule has 0 bridgehead atoms. The SMILES string of the molecule is CC.CC.CC(=O)NC(C)CCC(C)C. The summed E-state index contributed by atoms with van der Waals surface area (Å²) < 4.78 is 0. The van der Waals surface area contributed by atoms with Crippen LogP contribution in [0.2, 0.25) is 0 Å². The maximum Gasteiger partial charge on any atom is 0.217 e. The molecule has 0 radical (unpaired) electrons. The molecule has 0 aliphatic rings. The van der Waals surface area contributed by atoms with Gasteiger partial charge in [-0.1, -0.05) is 41.5 Å². The highest BCUT2D eigenvalue weighted by molar-refractivity contribution is 5.73. The second kappa shape index (κ2) is 15.9. The summed E-state index contributed by atoms with van der Waals surface area (Å²) in [6, 6.07) is 0.329.